The first-order valence-corrected chi connectivity index (χ1v) is 6.77. The number of hydrogen-bond acceptors (Lipinski definition) is 4. The molecule has 4 heteroatoms. The Bertz CT molecular complexity index is 318. The van der Waals surface area contributed by atoms with Gasteiger partial charge in [0.05, 0.1) is 25.9 Å². The maximum Gasteiger partial charge on any atom is 0.0900 e. The summed E-state index contributed by atoms with van der Waals surface area (Å²) in [7, 11) is 1.64. The van der Waals surface area contributed by atoms with Crippen molar-refractivity contribution in [3.05, 3.63) is 35.9 Å². The standard InChI is InChI=1S/C15H25NO3/c1-3-16(11-14-7-5-4-6-8-14)12-15(17)13-19-10-9-18-2/h4-8,15,17H,3,9-13H2,1-2H3. The van der Waals surface area contributed by atoms with E-state index < -0.39 is 6.10 Å². The normalized spacial score (nSPS) is 12.8. The van der Waals surface area contributed by atoms with E-state index in [9.17, 15) is 5.11 Å². The number of aliphatic hydroxyl groups is 1. The van der Waals surface area contributed by atoms with Crippen molar-refractivity contribution in [3.8, 4) is 0 Å². The molecule has 0 bridgehead atoms. The van der Waals surface area contributed by atoms with Crippen LogP contribution in [0.25, 0.3) is 0 Å². The minimum Gasteiger partial charge on any atom is -0.389 e. The van der Waals surface area contributed by atoms with Gasteiger partial charge in [0.2, 0.25) is 0 Å². The fourth-order valence-corrected chi connectivity index (χ4v) is 1.86. The average Bonchev–Trinajstić information content (AvgIpc) is 2.44. The summed E-state index contributed by atoms with van der Waals surface area (Å²) in [6.45, 7) is 5.93. The van der Waals surface area contributed by atoms with E-state index in [1.165, 1.54) is 5.56 Å². The fourth-order valence-electron chi connectivity index (χ4n) is 1.86. The zero-order valence-electron chi connectivity index (χ0n) is 11.9. The van der Waals surface area contributed by atoms with E-state index >= 15 is 0 Å². The lowest BCUT2D eigenvalue weighted by molar-refractivity contribution is -0.000913. The molecule has 0 fully saturated rings. The number of methoxy groups -OCH3 is 1. The smallest absolute Gasteiger partial charge is 0.0900 e. The van der Waals surface area contributed by atoms with Gasteiger partial charge in [-0.2, -0.15) is 0 Å². The van der Waals surface area contributed by atoms with Crippen LogP contribution >= 0.6 is 0 Å². The van der Waals surface area contributed by atoms with E-state index in [2.05, 4.69) is 24.0 Å². The Labute approximate surface area is 115 Å². The molecule has 0 radical (unpaired) electrons. The Morgan fingerprint density at radius 2 is 1.95 bits per heavy atom. The zero-order valence-corrected chi connectivity index (χ0v) is 11.9. The second kappa shape index (κ2) is 9.92. The van der Waals surface area contributed by atoms with E-state index in [0.717, 1.165) is 13.1 Å². The molecule has 108 valence electrons. The van der Waals surface area contributed by atoms with Gasteiger partial charge in [-0.05, 0) is 12.1 Å². The highest BCUT2D eigenvalue weighted by atomic mass is 16.5. The molecular formula is C15H25NO3. The van der Waals surface area contributed by atoms with Crippen molar-refractivity contribution in [1.29, 1.82) is 0 Å². The van der Waals surface area contributed by atoms with E-state index in [1.54, 1.807) is 7.11 Å². The molecule has 0 heterocycles. The van der Waals surface area contributed by atoms with Crippen LogP contribution < -0.4 is 0 Å². The largest absolute Gasteiger partial charge is 0.389 e. The third kappa shape index (κ3) is 7.28. The number of benzene rings is 1. The fraction of sp³-hybridized carbons (Fsp3) is 0.600. The van der Waals surface area contributed by atoms with E-state index in [1.807, 2.05) is 18.2 Å². The maximum atomic E-state index is 9.92. The van der Waals surface area contributed by atoms with Crippen LogP contribution in [0.5, 0.6) is 0 Å². The Kier molecular flexibility index (Phi) is 8.41. The minimum atomic E-state index is -0.458. The van der Waals surface area contributed by atoms with Crippen molar-refractivity contribution in [3.63, 3.8) is 0 Å². The first-order valence-electron chi connectivity index (χ1n) is 6.77. The van der Waals surface area contributed by atoms with Gasteiger partial charge >= 0.3 is 0 Å². The first-order chi connectivity index (χ1) is 9.26. The molecule has 1 N–H and O–H groups in total. The Morgan fingerprint density at radius 3 is 2.58 bits per heavy atom. The SMILES string of the molecule is CCN(Cc1ccccc1)CC(O)COCCOC. The van der Waals surface area contributed by atoms with Crippen molar-refractivity contribution < 1.29 is 14.6 Å². The Hall–Kier alpha value is -0.940. The lowest BCUT2D eigenvalue weighted by Crippen LogP contribution is -2.34. The summed E-state index contributed by atoms with van der Waals surface area (Å²) in [4.78, 5) is 2.21. The average molecular weight is 267 g/mol. The maximum absolute atomic E-state index is 9.92. The predicted molar refractivity (Wildman–Crippen MR) is 76.1 cm³/mol. The van der Waals surface area contributed by atoms with Crippen LogP contribution in [0.2, 0.25) is 0 Å². The summed E-state index contributed by atoms with van der Waals surface area (Å²) in [5.41, 5.74) is 1.26. The third-order valence-electron chi connectivity index (χ3n) is 2.91. The number of aliphatic hydroxyl groups excluding tert-OH is 1. The van der Waals surface area contributed by atoms with Crippen molar-refractivity contribution >= 4 is 0 Å². The molecule has 1 aromatic rings. The molecule has 19 heavy (non-hydrogen) atoms. The molecule has 1 atom stereocenters. The minimum absolute atomic E-state index is 0.356. The second-order valence-corrected chi connectivity index (χ2v) is 4.53. The molecule has 4 nitrogen and oxygen atoms in total. The molecule has 0 aliphatic carbocycles. The highest BCUT2D eigenvalue weighted by molar-refractivity contribution is 5.14. The summed E-state index contributed by atoms with van der Waals surface area (Å²) >= 11 is 0. The van der Waals surface area contributed by atoms with E-state index in [-0.39, 0.29) is 0 Å². The predicted octanol–water partition coefficient (Wildman–Crippen LogP) is 1.53. The van der Waals surface area contributed by atoms with Crippen LogP contribution in [0.1, 0.15) is 12.5 Å². The summed E-state index contributed by atoms with van der Waals surface area (Å²) in [6, 6.07) is 10.3. The van der Waals surface area contributed by atoms with Crippen LogP contribution in [-0.2, 0) is 16.0 Å². The monoisotopic (exact) mass is 267 g/mol. The zero-order chi connectivity index (χ0) is 13.9. The first kappa shape index (κ1) is 16.1. The van der Waals surface area contributed by atoms with Gasteiger partial charge in [0, 0.05) is 20.2 Å². The molecule has 1 rings (SSSR count). The highest BCUT2D eigenvalue weighted by Gasteiger charge is 2.10. The number of likely N-dealkylation sites (N-methyl/N-ethyl adjacent to an activating group) is 1. The van der Waals surface area contributed by atoms with Gasteiger partial charge < -0.3 is 14.6 Å². The van der Waals surface area contributed by atoms with Gasteiger partial charge in [-0.1, -0.05) is 37.3 Å². The van der Waals surface area contributed by atoms with Crippen LogP contribution in [0.15, 0.2) is 30.3 Å². The van der Waals surface area contributed by atoms with E-state index in [0.29, 0.717) is 26.4 Å². The number of hydrogen-bond donors (Lipinski definition) is 1. The van der Waals surface area contributed by atoms with Gasteiger partial charge in [-0.3, -0.25) is 4.90 Å². The van der Waals surface area contributed by atoms with E-state index in [4.69, 9.17) is 9.47 Å². The van der Waals surface area contributed by atoms with Crippen molar-refractivity contribution in [2.75, 3.05) is 40.0 Å². The van der Waals surface area contributed by atoms with Gasteiger partial charge in [0.25, 0.3) is 0 Å². The number of ether oxygens (including phenoxy) is 2. The Morgan fingerprint density at radius 1 is 1.21 bits per heavy atom. The van der Waals surface area contributed by atoms with Crippen LogP contribution in [0, 0.1) is 0 Å². The molecule has 1 aromatic carbocycles. The lowest BCUT2D eigenvalue weighted by Gasteiger charge is -2.23. The quantitative estimate of drug-likeness (QED) is 0.653. The summed E-state index contributed by atoms with van der Waals surface area (Å²) < 4.78 is 10.2. The van der Waals surface area contributed by atoms with Crippen LogP contribution in [0.4, 0.5) is 0 Å². The van der Waals surface area contributed by atoms with Crippen LogP contribution in [-0.4, -0.2) is 56.1 Å². The molecular weight excluding hydrogens is 242 g/mol. The number of nitrogens with zero attached hydrogens (tertiary/aromatic N) is 1. The lowest BCUT2D eigenvalue weighted by atomic mass is 10.2. The van der Waals surface area contributed by atoms with Crippen molar-refractivity contribution in [1.82, 2.24) is 4.90 Å². The summed E-state index contributed by atoms with van der Waals surface area (Å²) in [5, 5.41) is 9.92. The van der Waals surface area contributed by atoms with Crippen LogP contribution in [0.3, 0.4) is 0 Å². The Balaban J connectivity index is 2.27. The molecule has 0 saturated heterocycles. The molecule has 0 saturated carbocycles. The third-order valence-corrected chi connectivity index (χ3v) is 2.91. The molecule has 0 aliphatic rings. The topological polar surface area (TPSA) is 41.9 Å². The highest BCUT2D eigenvalue weighted by Crippen LogP contribution is 2.05. The van der Waals surface area contributed by atoms with Crippen molar-refractivity contribution in [2.45, 2.75) is 19.6 Å². The summed E-state index contributed by atoms with van der Waals surface area (Å²) in [6.07, 6.45) is -0.458. The van der Waals surface area contributed by atoms with Gasteiger partial charge in [-0.15, -0.1) is 0 Å². The number of rotatable bonds is 10. The molecule has 1 unspecified atom stereocenters. The van der Waals surface area contributed by atoms with Gasteiger partial charge in [0.15, 0.2) is 0 Å². The van der Waals surface area contributed by atoms with Crippen molar-refractivity contribution in [2.24, 2.45) is 0 Å². The van der Waals surface area contributed by atoms with Gasteiger partial charge in [0.1, 0.15) is 0 Å². The van der Waals surface area contributed by atoms with Gasteiger partial charge in [-0.25, -0.2) is 0 Å². The molecule has 0 spiro atoms. The summed E-state index contributed by atoms with van der Waals surface area (Å²) in [5.74, 6) is 0. The second-order valence-electron chi connectivity index (χ2n) is 4.53. The molecule has 0 aromatic heterocycles. The molecule has 0 amide bonds. The molecule has 0 aliphatic heterocycles.